The van der Waals surface area contributed by atoms with Gasteiger partial charge in [-0.1, -0.05) is 40.9 Å². The third-order valence-corrected chi connectivity index (χ3v) is 4.30. The Bertz CT molecular complexity index is 814. The van der Waals surface area contributed by atoms with E-state index in [1.165, 1.54) is 19.2 Å². The number of nitrogens with zero attached hydrogens (tertiary/aromatic N) is 1. The number of rotatable bonds is 4. The van der Waals surface area contributed by atoms with Crippen LogP contribution in [-0.2, 0) is 9.53 Å². The molecule has 1 atom stereocenters. The predicted octanol–water partition coefficient (Wildman–Crippen LogP) is 4.50. The number of hydrogen-bond donors (Lipinski definition) is 1. The van der Waals surface area contributed by atoms with E-state index in [-0.39, 0.29) is 15.7 Å². The van der Waals surface area contributed by atoms with Crippen LogP contribution in [0.1, 0.15) is 34.0 Å². The van der Waals surface area contributed by atoms with Crippen LogP contribution in [0.5, 0.6) is 0 Å². The number of aryl methyl sites for hydroxylation is 3. The van der Waals surface area contributed by atoms with Crippen molar-refractivity contribution in [1.29, 1.82) is 0 Å². The van der Waals surface area contributed by atoms with Gasteiger partial charge in [0.15, 0.2) is 6.10 Å². The average Bonchev–Trinajstić information content (AvgIpc) is 2.53. The highest BCUT2D eigenvalue weighted by atomic mass is 35.5. The summed E-state index contributed by atoms with van der Waals surface area (Å²) in [5.41, 5.74) is 3.84. The zero-order valence-corrected chi connectivity index (χ0v) is 15.8. The summed E-state index contributed by atoms with van der Waals surface area (Å²) in [6, 6.07) is 5.29. The van der Waals surface area contributed by atoms with Gasteiger partial charge in [0.1, 0.15) is 5.15 Å². The molecule has 0 aliphatic carbocycles. The van der Waals surface area contributed by atoms with E-state index in [9.17, 15) is 9.59 Å². The molecule has 2 rings (SSSR count). The molecule has 2 aromatic rings. The summed E-state index contributed by atoms with van der Waals surface area (Å²) < 4.78 is 5.18. The fourth-order valence-electron chi connectivity index (χ4n) is 2.42. The maximum Gasteiger partial charge on any atom is 0.340 e. The van der Waals surface area contributed by atoms with Gasteiger partial charge in [0.2, 0.25) is 0 Å². The van der Waals surface area contributed by atoms with Gasteiger partial charge in [0, 0.05) is 11.9 Å². The van der Waals surface area contributed by atoms with Crippen molar-refractivity contribution in [3.05, 3.63) is 56.8 Å². The van der Waals surface area contributed by atoms with Crippen molar-refractivity contribution >= 4 is 40.8 Å². The van der Waals surface area contributed by atoms with Crippen molar-refractivity contribution in [2.45, 2.75) is 33.8 Å². The molecule has 0 aliphatic rings. The van der Waals surface area contributed by atoms with E-state index >= 15 is 0 Å². The predicted molar refractivity (Wildman–Crippen MR) is 98.4 cm³/mol. The number of benzene rings is 1. The van der Waals surface area contributed by atoms with E-state index in [4.69, 9.17) is 27.9 Å². The lowest BCUT2D eigenvalue weighted by atomic mass is 10.0. The van der Waals surface area contributed by atoms with Gasteiger partial charge in [-0.15, -0.1) is 0 Å². The first-order valence-electron chi connectivity index (χ1n) is 7.59. The first-order chi connectivity index (χ1) is 11.7. The first-order valence-corrected chi connectivity index (χ1v) is 8.35. The number of esters is 1. The van der Waals surface area contributed by atoms with Gasteiger partial charge in [-0.05, 0) is 44.9 Å². The largest absolute Gasteiger partial charge is 0.449 e. The number of aromatic nitrogens is 1. The van der Waals surface area contributed by atoms with Crippen LogP contribution in [0.2, 0.25) is 10.2 Å². The third-order valence-electron chi connectivity index (χ3n) is 3.61. The molecule has 0 aliphatic heterocycles. The Morgan fingerprint density at radius 3 is 2.28 bits per heavy atom. The zero-order chi connectivity index (χ0) is 18.7. The summed E-state index contributed by atoms with van der Waals surface area (Å²) in [4.78, 5) is 28.2. The molecule has 25 heavy (non-hydrogen) atoms. The van der Waals surface area contributed by atoms with Gasteiger partial charge in [-0.2, -0.15) is 0 Å². The van der Waals surface area contributed by atoms with Gasteiger partial charge in [0.05, 0.1) is 10.6 Å². The van der Waals surface area contributed by atoms with E-state index in [0.717, 1.165) is 22.4 Å². The Morgan fingerprint density at radius 1 is 1.12 bits per heavy atom. The summed E-state index contributed by atoms with van der Waals surface area (Å²) in [7, 11) is 0. The van der Waals surface area contributed by atoms with E-state index in [1.54, 1.807) is 0 Å². The molecule has 0 saturated carbocycles. The molecule has 0 spiro atoms. The quantitative estimate of drug-likeness (QED) is 0.626. The second-order valence-electron chi connectivity index (χ2n) is 5.81. The number of hydrogen-bond acceptors (Lipinski definition) is 4. The molecule has 1 aromatic carbocycles. The molecule has 0 radical (unpaired) electrons. The highest BCUT2D eigenvalue weighted by Gasteiger charge is 2.21. The number of ether oxygens (including phenoxy) is 1. The highest BCUT2D eigenvalue weighted by molar-refractivity contribution is 6.41. The van der Waals surface area contributed by atoms with Gasteiger partial charge < -0.3 is 10.1 Å². The standard InChI is InChI=1S/C18H18Cl2N2O3/c1-9-5-10(2)15(11(3)6-9)22-17(23)12(4)25-18(24)13-7-14(19)16(20)21-8-13/h5-8,12H,1-4H3,(H,22,23)/t12-/m0/s1. The Balaban J connectivity index is 2.07. The van der Waals surface area contributed by atoms with Crippen molar-refractivity contribution in [3.63, 3.8) is 0 Å². The van der Waals surface area contributed by atoms with Crippen LogP contribution >= 0.6 is 23.2 Å². The first kappa shape index (κ1) is 19.2. The second kappa shape index (κ2) is 7.85. The van der Waals surface area contributed by atoms with Crippen LogP contribution in [-0.4, -0.2) is 23.0 Å². The van der Waals surface area contributed by atoms with Crippen LogP contribution in [0, 0.1) is 20.8 Å². The maximum atomic E-state index is 12.3. The van der Waals surface area contributed by atoms with Crippen molar-refractivity contribution in [2.75, 3.05) is 5.32 Å². The van der Waals surface area contributed by atoms with Crippen molar-refractivity contribution in [3.8, 4) is 0 Å². The fraction of sp³-hybridized carbons (Fsp3) is 0.278. The van der Waals surface area contributed by atoms with Crippen molar-refractivity contribution < 1.29 is 14.3 Å². The molecule has 1 amide bonds. The molecular weight excluding hydrogens is 363 g/mol. The molecular formula is C18H18Cl2N2O3. The van der Waals surface area contributed by atoms with Crippen LogP contribution in [0.25, 0.3) is 0 Å². The fourth-order valence-corrected chi connectivity index (χ4v) is 2.69. The monoisotopic (exact) mass is 380 g/mol. The van der Waals surface area contributed by atoms with E-state index < -0.39 is 18.0 Å². The number of carbonyl (C=O) groups is 2. The Kier molecular flexibility index (Phi) is 6.03. The number of anilines is 1. The molecule has 1 heterocycles. The second-order valence-corrected chi connectivity index (χ2v) is 6.57. The van der Waals surface area contributed by atoms with Gasteiger partial charge in [-0.25, -0.2) is 9.78 Å². The van der Waals surface area contributed by atoms with E-state index in [2.05, 4.69) is 10.3 Å². The lowest BCUT2D eigenvalue weighted by molar-refractivity contribution is -0.123. The van der Waals surface area contributed by atoms with Crippen LogP contribution in [0.4, 0.5) is 5.69 Å². The summed E-state index contributed by atoms with van der Waals surface area (Å²) >= 11 is 11.5. The van der Waals surface area contributed by atoms with Crippen LogP contribution in [0.15, 0.2) is 24.4 Å². The zero-order valence-electron chi connectivity index (χ0n) is 14.3. The topological polar surface area (TPSA) is 68.3 Å². The van der Waals surface area contributed by atoms with Gasteiger partial charge in [-0.3, -0.25) is 4.79 Å². The average molecular weight is 381 g/mol. The smallest absolute Gasteiger partial charge is 0.340 e. The summed E-state index contributed by atoms with van der Waals surface area (Å²) in [6.45, 7) is 7.31. The van der Waals surface area contributed by atoms with Crippen LogP contribution < -0.4 is 5.32 Å². The Hall–Kier alpha value is -2.11. The Morgan fingerprint density at radius 2 is 1.72 bits per heavy atom. The van der Waals surface area contributed by atoms with Gasteiger partial charge in [0.25, 0.3) is 5.91 Å². The molecule has 0 fully saturated rings. The maximum absolute atomic E-state index is 12.3. The molecule has 0 saturated heterocycles. The number of pyridine rings is 1. The van der Waals surface area contributed by atoms with Crippen molar-refractivity contribution in [1.82, 2.24) is 4.98 Å². The molecule has 7 heteroatoms. The third kappa shape index (κ3) is 4.71. The Labute approximate surface area is 156 Å². The minimum absolute atomic E-state index is 0.0920. The molecule has 1 aromatic heterocycles. The number of halogens is 2. The highest BCUT2D eigenvalue weighted by Crippen LogP contribution is 2.23. The van der Waals surface area contributed by atoms with Crippen molar-refractivity contribution in [2.24, 2.45) is 0 Å². The van der Waals surface area contributed by atoms with Crippen LogP contribution in [0.3, 0.4) is 0 Å². The number of nitrogens with one attached hydrogen (secondary N) is 1. The minimum atomic E-state index is -0.984. The number of amides is 1. The lowest BCUT2D eigenvalue weighted by Gasteiger charge is -2.17. The SMILES string of the molecule is Cc1cc(C)c(NC(=O)[C@H](C)OC(=O)c2cnc(Cl)c(Cl)c2)c(C)c1. The summed E-state index contributed by atoms with van der Waals surface area (Å²) in [5, 5.41) is 3.03. The normalized spacial score (nSPS) is 11.8. The summed E-state index contributed by atoms with van der Waals surface area (Å²) in [5.74, 6) is -1.12. The molecule has 132 valence electrons. The molecule has 1 N–H and O–H groups in total. The van der Waals surface area contributed by atoms with Gasteiger partial charge >= 0.3 is 5.97 Å². The minimum Gasteiger partial charge on any atom is -0.449 e. The lowest BCUT2D eigenvalue weighted by Crippen LogP contribution is -2.30. The van der Waals surface area contributed by atoms with E-state index in [0.29, 0.717) is 0 Å². The molecule has 5 nitrogen and oxygen atoms in total. The summed E-state index contributed by atoms with van der Waals surface area (Å²) in [6.07, 6.45) is 0.261. The molecule has 0 unspecified atom stereocenters. The number of carbonyl (C=O) groups excluding carboxylic acids is 2. The molecule has 0 bridgehead atoms. The van der Waals surface area contributed by atoms with E-state index in [1.807, 2.05) is 32.9 Å².